The molecule has 3 heterocycles. The number of amides is 2. The number of hydrogen-bond acceptors (Lipinski definition) is 5. The van der Waals surface area contributed by atoms with Gasteiger partial charge in [-0.2, -0.15) is 0 Å². The van der Waals surface area contributed by atoms with Crippen LogP contribution in [0.2, 0.25) is 0 Å². The van der Waals surface area contributed by atoms with Gasteiger partial charge >= 0.3 is 0 Å². The van der Waals surface area contributed by atoms with Crippen molar-refractivity contribution < 1.29 is 9.59 Å². The van der Waals surface area contributed by atoms with Crippen LogP contribution in [-0.4, -0.2) is 59.4 Å². The number of nitrogens with one attached hydrogen (secondary N) is 4. The molecule has 1 aliphatic carbocycles. The molecule has 0 spiro atoms. The molecule has 0 unspecified atom stereocenters. The molecule has 4 N–H and O–H groups in total. The predicted molar refractivity (Wildman–Crippen MR) is 193 cm³/mol. The number of H-pyrrole nitrogens is 1. The number of piperidine rings is 1. The SMILES string of the molecule is O=C(NCCc1c[nH]c2ccccc12)c1ccc(CN2CCC[C@H](C(=O)NCCCNc3c4c(nc5ccccc35)CCCC4)C2)cc1. The number of anilines is 1. The molecule has 2 amide bonds. The van der Waals surface area contributed by atoms with Crippen molar-refractivity contribution >= 4 is 39.3 Å². The van der Waals surface area contributed by atoms with E-state index in [0.29, 0.717) is 18.7 Å². The zero-order valence-corrected chi connectivity index (χ0v) is 27.7. The van der Waals surface area contributed by atoms with E-state index in [9.17, 15) is 9.59 Å². The molecule has 1 aliphatic heterocycles. The number of likely N-dealkylation sites (tertiary alicyclic amines) is 1. The van der Waals surface area contributed by atoms with E-state index in [1.807, 2.05) is 42.6 Å². The van der Waals surface area contributed by atoms with E-state index in [1.54, 1.807) is 0 Å². The molecule has 2 aromatic heterocycles. The number of nitrogens with zero attached hydrogens (tertiary/aromatic N) is 2. The Labute approximate surface area is 282 Å². The molecule has 2 aliphatic rings. The number of pyridine rings is 1. The third-order valence-corrected chi connectivity index (χ3v) is 9.98. The van der Waals surface area contributed by atoms with Gasteiger partial charge in [-0.15, -0.1) is 0 Å². The highest BCUT2D eigenvalue weighted by Crippen LogP contribution is 2.33. The van der Waals surface area contributed by atoms with Gasteiger partial charge in [-0.3, -0.25) is 19.5 Å². The lowest BCUT2D eigenvalue weighted by Gasteiger charge is -2.32. The third-order valence-electron chi connectivity index (χ3n) is 9.98. The average molecular weight is 643 g/mol. The standard InChI is InChI=1S/C40H46N6O2/c47-39(43-23-20-30-25-44-35-13-4-1-10-32(30)35)29-18-16-28(17-19-29)26-46-24-7-9-31(27-46)40(48)42-22-8-21-41-38-33-11-2-5-14-36(33)45-37-15-6-3-12-34(37)38/h1-2,4-5,10-11,13-14,16-19,25,31,44H,3,6-9,12,15,20-24,26-27H2,(H,41,45)(H,42,48)(H,43,47)/t31-/m0/s1. The number of aryl methyl sites for hydroxylation is 1. The van der Waals surface area contributed by atoms with Crippen molar-refractivity contribution in [1.82, 2.24) is 25.5 Å². The number of aromatic nitrogens is 2. The summed E-state index contributed by atoms with van der Waals surface area (Å²) in [6, 6.07) is 24.5. The van der Waals surface area contributed by atoms with Crippen molar-refractivity contribution in [1.29, 1.82) is 0 Å². The van der Waals surface area contributed by atoms with Crippen molar-refractivity contribution in [3.63, 3.8) is 0 Å². The Kier molecular flexibility index (Phi) is 9.98. The summed E-state index contributed by atoms with van der Waals surface area (Å²) in [5, 5.41) is 12.4. The number of hydrogen-bond donors (Lipinski definition) is 4. The first-order chi connectivity index (χ1) is 23.6. The smallest absolute Gasteiger partial charge is 0.251 e. The molecular weight excluding hydrogens is 596 g/mol. The molecule has 3 aromatic carbocycles. The molecule has 1 saturated heterocycles. The maximum Gasteiger partial charge on any atom is 0.251 e. The van der Waals surface area contributed by atoms with E-state index in [0.717, 1.165) is 81.3 Å². The lowest BCUT2D eigenvalue weighted by molar-refractivity contribution is -0.126. The fourth-order valence-electron chi connectivity index (χ4n) is 7.42. The predicted octanol–water partition coefficient (Wildman–Crippen LogP) is 6.40. The summed E-state index contributed by atoms with van der Waals surface area (Å²) in [4.78, 5) is 36.5. The van der Waals surface area contributed by atoms with E-state index >= 15 is 0 Å². The van der Waals surface area contributed by atoms with E-state index in [2.05, 4.69) is 62.2 Å². The summed E-state index contributed by atoms with van der Waals surface area (Å²) in [7, 11) is 0. The Bertz CT molecular complexity index is 1880. The molecule has 5 aromatic rings. The van der Waals surface area contributed by atoms with E-state index in [1.165, 1.54) is 46.1 Å². The van der Waals surface area contributed by atoms with Gasteiger partial charge in [0.05, 0.1) is 11.4 Å². The van der Waals surface area contributed by atoms with Gasteiger partial charge < -0.3 is 20.9 Å². The Morgan fingerprint density at radius 3 is 2.56 bits per heavy atom. The highest BCUT2D eigenvalue weighted by Gasteiger charge is 2.26. The molecule has 1 fully saturated rings. The number of para-hydroxylation sites is 2. The van der Waals surface area contributed by atoms with Gasteiger partial charge in [0, 0.05) is 72.2 Å². The second-order valence-corrected chi connectivity index (χ2v) is 13.3. The Hall–Kier alpha value is -4.69. The van der Waals surface area contributed by atoms with Crippen LogP contribution in [0.15, 0.2) is 79.0 Å². The minimum Gasteiger partial charge on any atom is -0.384 e. The summed E-state index contributed by atoms with van der Waals surface area (Å²) in [5.41, 5.74) is 9.06. The first kappa shape index (κ1) is 31.9. The summed E-state index contributed by atoms with van der Waals surface area (Å²) >= 11 is 0. The van der Waals surface area contributed by atoms with Crippen LogP contribution < -0.4 is 16.0 Å². The van der Waals surface area contributed by atoms with E-state index < -0.39 is 0 Å². The van der Waals surface area contributed by atoms with Crippen LogP contribution in [0.4, 0.5) is 5.69 Å². The summed E-state index contributed by atoms with van der Waals surface area (Å²) < 4.78 is 0. The topological polar surface area (TPSA) is 102 Å². The van der Waals surface area contributed by atoms with Crippen LogP contribution >= 0.6 is 0 Å². The monoisotopic (exact) mass is 642 g/mol. The van der Waals surface area contributed by atoms with Crippen LogP contribution in [0, 0.1) is 5.92 Å². The number of benzene rings is 3. The Morgan fingerprint density at radius 2 is 1.67 bits per heavy atom. The van der Waals surface area contributed by atoms with Crippen LogP contribution in [0.25, 0.3) is 21.8 Å². The van der Waals surface area contributed by atoms with Gasteiger partial charge in [-0.05, 0) is 98.9 Å². The number of carbonyl (C=O) groups excluding carboxylic acids is 2. The fraction of sp³-hybridized carbons (Fsp3) is 0.375. The van der Waals surface area contributed by atoms with Crippen molar-refractivity contribution in [2.75, 3.05) is 38.0 Å². The highest BCUT2D eigenvalue weighted by atomic mass is 16.2. The van der Waals surface area contributed by atoms with E-state index in [4.69, 9.17) is 4.98 Å². The van der Waals surface area contributed by atoms with Gasteiger partial charge in [-0.25, -0.2) is 0 Å². The molecule has 248 valence electrons. The van der Waals surface area contributed by atoms with E-state index in [-0.39, 0.29) is 17.7 Å². The molecule has 8 heteroatoms. The van der Waals surface area contributed by atoms with Gasteiger partial charge in [0.15, 0.2) is 0 Å². The van der Waals surface area contributed by atoms with Crippen molar-refractivity contribution in [3.8, 4) is 0 Å². The molecule has 1 atom stereocenters. The quantitative estimate of drug-likeness (QED) is 0.118. The number of carbonyl (C=O) groups is 2. The van der Waals surface area contributed by atoms with Gasteiger partial charge in [0.25, 0.3) is 5.91 Å². The van der Waals surface area contributed by atoms with Gasteiger partial charge in [0.2, 0.25) is 5.91 Å². The fourth-order valence-corrected chi connectivity index (χ4v) is 7.42. The number of fused-ring (bicyclic) bond motifs is 3. The highest BCUT2D eigenvalue weighted by molar-refractivity contribution is 5.94. The molecule has 0 saturated carbocycles. The average Bonchev–Trinajstić information content (AvgIpc) is 3.54. The maximum absolute atomic E-state index is 13.1. The third kappa shape index (κ3) is 7.39. The maximum atomic E-state index is 13.1. The first-order valence-electron chi connectivity index (χ1n) is 17.7. The molecule has 7 rings (SSSR count). The summed E-state index contributed by atoms with van der Waals surface area (Å²) in [6.07, 6.45) is 10.2. The minimum absolute atomic E-state index is 0.00469. The van der Waals surface area contributed by atoms with Crippen LogP contribution in [0.5, 0.6) is 0 Å². The largest absolute Gasteiger partial charge is 0.384 e. The minimum atomic E-state index is -0.0558. The molecule has 8 nitrogen and oxygen atoms in total. The lowest BCUT2D eigenvalue weighted by Crippen LogP contribution is -2.43. The first-order valence-corrected chi connectivity index (χ1v) is 17.7. The molecule has 0 radical (unpaired) electrons. The lowest BCUT2D eigenvalue weighted by atomic mass is 9.92. The summed E-state index contributed by atoms with van der Waals surface area (Å²) in [6.45, 7) is 4.58. The zero-order valence-electron chi connectivity index (χ0n) is 27.7. The zero-order chi connectivity index (χ0) is 32.7. The van der Waals surface area contributed by atoms with Crippen molar-refractivity contribution in [2.45, 2.75) is 57.9 Å². The van der Waals surface area contributed by atoms with Crippen molar-refractivity contribution in [3.05, 3.63) is 107 Å². The van der Waals surface area contributed by atoms with Gasteiger partial charge in [-0.1, -0.05) is 48.5 Å². The second kappa shape index (κ2) is 15.0. The van der Waals surface area contributed by atoms with Gasteiger partial charge in [0.1, 0.15) is 0 Å². The molecule has 0 bridgehead atoms. The van der Waals surface area contributed by atoms with Crippen LogP contribution in [0.1, 0.15) is 64.8 Å². The Morgan fingerprint density at radius 1 is 0.854 bits per heavy atom. The number of aromatic amines is 1. The summed E-state index contributed by atoms with van der Waals surface area (Å²) in [5.74, 6) is 0.107. The normalized spacial score (nSPS) is 16.5. The van der Waals surface area contributed by atoms with Crippen LogP contribution in [-0.2, 0) is 30.6 Å². The molecule has 48 heavy (non-hydrogen) atoms. The van der Waals surface area contributed by atoms with Crippen LogP contribution in [0.3, 0.4) is 0 Å². The Balaban J connectivity index is 0.840. The van der Waals surface area contributed by atoms with Crippen molar-refractivity contribution in [2.24, 2.45) is 5.92 Å². The second-order valence-electron chi connectivity index (χ2n) is 13.3. The number of rotatable bonds is 12. The molecular formula is C40H46N6O2.